The number of rotatable bonds is 43. The largest absolute Gasteiger partial charge is 0.394 e. The Morgan fingerprint density at radius 1 is 0.521 bits per heavy atom. The van der Waals surface area contributed by atoms with E-state index in [2.05, 4.69) is 67.8 Å². The number of amides is 1. The van der Waals surface area contributed by atoms with Crippen LogP contribution in [0.3, 0.4) is 0 Å². The van der Waals surface area contributed by atoms with E-state index in [1.165, 1.54) is 103 Å². The second-order valence-electron chi connectivity index (χ2n) is 19.7. The molecule has 12 unspecified atom stereocenters. The lowest BCUT2D eigenvalue weighted by Crippen LogP contribution is -2.65. The van der Waals surface area contributed by atoms with Crippen LogP contribution in [0.4, 0.5) is 0 Å². The molecule has 2 fully saturated rings. The molecule has 2 rings (SSSR count). The Hall–Kier alpha value is -2.31. The van der Waals surface area contributed by atoms with Crippen molar-refractivity contribution in [3.63, 3.8) is 0 Å². The van der Waals surface area contributed by atoms with Gasteiger partial charge in [-0.2, -0.15) is 0 Å². The Balaban J connectivity index is 1.78. The van der Waals surface area contributed by atoms with Gasteiger partial charge in [-0.3, -0.25) is 4.79 Å². The average molecular weight is 1010 g/mol. The molecule has 0 aromatic carbocycles. The maximum absolute atomic E-state index is 13.2. The first-order valence-corrected chi connectivity index (χ1v) is 28.0. The van der Waals surface area contributed by atoms with Crippen LogP contribution in [-0.2, 0) is 23.7 Å². The zero-order chi connectivity index (χ0) is 51.7. The van der Waals surface area contributed by atoms with Crippen molar-refractivity contribution < 1.29 is 64.6 Å². The van der Waals surface area contributed by atoms with Gasteiger partial charge < -0.3 is 65.1 Å². The molecule has 0 radical (unpaired) electrons. The third kappa shape index (κ3) is 29.4. The summed E-state index contributed by atoms with van der Waals surface area (Å²) in [6.45, 7) is 2.67. The summed E-state index contributed by atoms with van der Waals surface area (Å²) >= 11 is 0. The van der Waals surface area contributed by atoms with Crippen LogP contribution < -0.4 is 5.32 Å². The van der Waals surface area contributed by atoms with Crippen LogP contribution in [0.2, 0.25) is 0 Å². The quantitative estimate of drug-likeness (QED) is 0.0206. The maximum atomic E-state index is 13.2. The second kappa shape index (κ2) is 43.0. The van der Waals surface area contributed by atoms with Gasteiger partial charge in [-0.1, -0.05) is 197 Å². The summed E-state index contributed by atoms with van der Waals surface area (Å²) in [4.78, 5) is 13.2. The van der Waals surface area contributed by atoms with E-state index >= 15 is 0 Å². The lowest BCUT2D eigenvalue weighted by molar-refractivity contribution is -0.359. The molecule has 2 aliphatic heterocycles. The highest BCUT2D eigenvalue weighted by Crippen LogP contribution is 2.30. The van der Waals surface area contributed by atoms with Gasteiger partial charge in [0.25, 0.3) is 0 Å². The van der Waals surface area contributed by atoms with Crippen LogP contribution in [0, 0.1) is 0 Å². The topological polar surface area (TPSA) is 228 Å². The number of unbranched alkanes of at least 4 members (excludes halogenated alkanes) is 22. The van der Waals surface area contributed by atoms with Crippen molar-refractivity contribution in [3.05, 3.63) is 60.8 Å². The Bertz CT molecular complexity index is 1420. The molecule has 2 heterocycles. The highest BCUT2D eigenvalue weighted by Gasteiger charge is 2.51. The van der Waals surface area contributed by atoms with Crippen LogP contribution >= 0.6 is 0 Å². The number of nitrogens with one attached hydrogen (secondary N) is 1. The van der Waals surface area contributed by atoms with E-state index in [1.807, 2.05) is 6.08 Å². The molecule has 0 spiro atoms. The summed E-state index contributed by atoms with van der Waals surface area (Å²) < 4.78 is 22.7. The molecule has 0 aliphatic carbocycles. The molecule has 71 heavy (non-hydrogen) atoms. The Morgan fingerprint density at radius 3 is 1.49 bits per heavy atom. The lowest BCUT2D eigenvalue weighted by Gasteiger charge is -2.46. The third-order valence-electron chi connectivity index (χ3n) is 13.5. The van der Waals surface area contributed by atoms with E-state index in [0.29, 0.717) is 6.42 Å². The minimum absolute atomic E-state index is 0.247. The molecule has 0 aromatic rings. The van der Waals surface area contributed by atoms with Crippen molar-refractivity contribution in [1.29, 1.82) is 0 Å². The molecule has 1 amide bonds. The molecular weight excluding hydrogens is 907 g/mol. The summed E-state index contributed by atoms with van der Waals surface area (Å²) in [5.41, 5.74) is 0. The zero-order valence-corrected chi connectivity index (χ0v) is 43.9. The maximum Gasteiger partial charge on any atom is 0.220 e. The van der Waals surface area contributed by atoms with Crippen LogP contribution in [-0.4, -0.2) is 140 Å². The third-order valence-corrected chi connectivity index (χ3v) is 13.5. The molecule has 0 saturated carbocycles. The van der Waals surface area contributed by atoms with Gasteiger partial charge >= 0.3 is 0 Å². The second-order valence-corrected chi connectivity index (χ2v) is 19.7. The molecular formula is C57H101NO13. The molecule has 412 valence electrons. The number of hydrogen-bond acceptors (Lipinski definition) is 13. The number of ether oxygens (including phenoxy) is 4. The van der Waals surface area contributed by atoms with Gasteiger partial charge in [-0.05, 0) is 57.8 Å². The number of carbonyl (C=O) groups is 1. The molecule has 0 bridgehead atoms. The predicted molar refractivity (Wildman–Crippen MR) is 281 cm³/mol. The first-order valence-electron chi connectivity index (χ1n) is 28.0. The van der Waals surface area contributed by atoms with Crippen molar-refractivity contribution in [3.8, 4) is 0 Å². The number of carbonyl (C=O) groups excluding carboxylic acids is 1. The highest BCUT2D eigenvalue weighted by molar-refractivity contribution is 5.76. The van der Waals surface area contributed by atoms with Gasteiger partial charge in [-0.15, -0.1) is 0 Å². The summed E-state index contributed by atoms with van der Waals surface area (Å²) in [5, 5.41) is 86.9. The fourth-order valence-corrected chi connectivity index (χ4v) is 8.93. The van der Waals surface area contributed by atoms with Crippen LogP contribution in [0.15, 0.2) is 60.8 Å². The van der Waals surface area contributed by atoms with Crippen molar-refractivity contribution in [2.24, 2.45) is 0 Å². The molecule has 0 aromatic heterocycles. The minimum atomic E-state index is -1.79. The lowest BCUT2D eigenvalue weighted by atomic mass is 9.97. The Morgan fingerprint density at radius 2 is 0.972 bits per heavy atom. The number of hydrogen-bond donors (Lipinski definition) is 9. The first-order chi connectivity index (χ1) is 34.6. The fraction of sp³-hybridized carbons (Fsp3) is 0.807. The van der Waals surface area contributed by atoms with E-state index in [9.17, 15) is 45.6 Å². The molecule has 9 N–H and O–H groups in total. The minimum Gasteiger partial charge on any atom is -0.394 e. The predicted octanol–water partition coefficient (Wildman–Crippen LogP) is 8.61. The standard InChI is InChI=1S/C57H101NO13/c1-3-5-7-9-11-13-15-17-19-20-21-22-23-24-25-26-27-29-31-33-35-37-39-41-49(62)58-45(46(61)40-38-36-34-32-30-28-18-16-14-12-10-8-6-4-2)44-68-56-54(67)52(65)55(48(43-60)70-56)71-57-53(66)51(64)50(63)47(42-59)69-57/h5,7,11,13,17,19,21-22,38,40,45-48,50-57,59-61,63-67H,3-4,6,8-10,12,14-16,18,20,23-37,39,41-44H2,1-2H3,(H,58,62)/b7-5-,13-11-,19-17-,22-21-,40-38+. The van der Waals surface area contributed by atoms with Gasteiger partial charge in [0.05, 0.1) is 32.0 Å². The van der Waals surface area contributed by atoms with Gasteiger partial charge in [0.1, 0.15) is 48.8 Å². The number of aliphatic hydroxyl groups excluding tert-OH is 8. The average Bonchev–Trinajstić information content (AvgIpc) is 3.37. The molecule has 2 saturated heterocycles. The molecule has 12 atom stereocenters. The summed E-state index contributed by atoms with van der Waals surface area (Å²) in [5.74, 6) is -0.247. The van der Waals surface area contributed by atoms with Crippen molar-refractivity contribution in [1.82, 2.24) is 5.32 Å². The van der Waals surface area contributed by atoms with E-state index in [-0.39, 0.29) is 18.9 Å². The van der Waals surface area contributed by atoms with Gasteiger partial charge in [0.15, 0.2) is 12.6 Å². The van der Waals surface area contributed by atoms with E-state index in [4.69, 9.17) is 18.9 Å². The summed E-state index contributed by atoms with van der Waals surface area (Å²) in [7, 11) is 0. The molecule has 14 heteroatoms. The Labute approximate surface area is 428 Å². The summed E-state index contributed by atoms with van der Waals surface area (Å²) in [6.07, 6.45) is 36.8. The van der Waals surface area contributed by atoms with Gasteiger partial charge in [0.2, 0.25) is 5.91 Å². The monoisotopic (exact) mass is 1010 g/mol. The van der Waals surface area contributed by atoms with Crippen molar-refractivity contribution in [2.75, 3.05) is 19.8 Å². The fourth-order valence-electron chi connectivity index (χ4n) is 8.93. The van der Waals surface area contributed by atoms with E-state index in [0.717, 1.165) is 70.6 Å². The first kappa shape index (κ1) is 64.8. The van der Waals surface area contributed by atoms with E-state index in [1.54, 1.807) is 6.08 Å². The van der Waals surface area contributed by atoms with Crippen LogP contribution in [0.1, 0.15) is 200 Å². The molecule has 2 aliphatic rings. The van der Waals surface area contributed by atoms with E-state index < -0.39 is 86.8 Å². The van der Waals surface area contributed by atoms with Gasteiger partial charge in [0, 0.05) is 6.42 Å². The van der Waals surface area contributed by atoms with Crippen LogP contribution in [0.5, 0.6) is 0 Å². The summed E-state index contributed by atoms with van der Waals surface area (Å²) in [6, 6.07) is -0.918. The SMILES string of the molecule is CC/C=C\C/C=C\C/C=C\C/C=C\CCCCCCCCCCCCC(=O)NC(COC1OC(CO)C(OC2OC(CO)C(O)C(O)C2O)C(O)C1O)C(O)/C=C/CCCCCCCCCCCCCC. The molecule has 14 nitrogen and oxygen atoms in total. The van der Waals surface area contributed by atoms with Crippen molar-refractivity contribution in [2.45, 2.75) is 274 Å². The van der Waals surface area contributed by atoms with Crippen molar-refractivity contribution >= 4 is 5.91 Å². The zero-order valence-electron chi connectivity index (χ0n) is 43.9. The normalized spacial score (nSPS) is 26.2. The number of aliphatic hydroxyl groups is 8. The smallest absolute Gasteiger partial charge is 0.220 e. The number of allylic oxidation sites excluding steroid dienone is 9. The van der Waals surface area contributed by atoms with Crippen LogP contribution in [0.25, 0.3) is 0 Å². The van der Waals surface area contributed by atoms with Gasteiger partial charge in [-0.25, -0.2) is 0 Å². The highest BCUT2D eigenvalue weighted by atomic mass is 16.7. The Kier molecular flexibility index (Phi) is 39.2.